The summed E-state index contributed by atoms with van der Waals surface area (Å²) in [4.78, 5) is 42.1. The zero-order valence-electron chi connectivity index (χ0n) is 24.5. The van der Waals surface area contributed by atoms with Crippen molar-refractivity contribution in [1.82, 2.24) is 15.1 Å². The summed E-state index contributed by atoms with van der Waals surface area (Å²) < 4.78 is 94.5. The highest BCUT2D eigenvalue weighted by Gasteiger charge is 2.43. The van der Waals surface area contributed by atoms with Crippen molar-refractivity contribution in [2.75, 3.05) is 38.7 Å². The summed E-state index contributed by atoms with van der Waals surface area (Å²) in [5.74, 6) is -2.13. The van der Waals surface area contributed by atoms with Crippen LogP contribution < -0.4 is 10.2 Å². The molecule has 0 unspecified atom stereocenters. The van der Waals surface area contributed by atoms with Gasteiger partial charge in [-0.25, -0.2) is 9.18 Å². The number of alkyl halides is 6. The third-order valence-electron chi connectivity index (χ3n) is 8.53. The summed E-state index contributed by atoms with van der Waals surface area (Å²) in [6.45, 7) is -0.481. The fourth-order valence-corrected chi connectivity index (χ4v) is 6.03. The maximum atomic E-state index is 13.7. The van der Waals surface area contributed by atoms with Crippen molar-refractivity contribution in [3.8, 4) is 0 Å². The van der Waals surface area contributed by atoms with E-state index >= 15 is 0 Å². The molecular weight excluding hydrogens is 613 g/mol. The molecule has 2 N–H and O–H groups in total. The van der Waals surface area contributed by atoms with Crippen molar-refractivity contribution in [2.45, 2.75) is 56.0 Å². The van der Waals surface area contributed by atoms with E-state index in [0.717, 1.165) is 7.05 Å². The minimum absolute atomic E-state index is 0.0223. The van der Waals surface area contributed by atoms with E-state index in [1.807, 2.05) is 0 Å². The molecule has 2 aromatic carbocycles. The zero-order valence-corrected chi connectivity index (χ0v) is 24.5. The van der Waals surface area contributed by atoms with Gasteiger partial charge in [0.05, 0.1) is 17.2 Å². The molecule has 1 aliphatic heterocycles. The Morgan fingerprint density at radius 2 is 1.44 bits per heavy atom. The predicted molar refractivity (Wildman–Crippen MR) is 148 cm³/mol. The van der Waals surface area contributed by atoms with E-state index in [0.29, 0.717) is 48.3 Å². The number of likely N-dealkylation sites (tertiary alicyclic amines) is 1. The van der Waals surface area contributed by atoms with E-state index in [1.54, 1.807) is 4.90 Å². The first kappa shape index (κ1) is 34.0. The molecule has 0 spiro atoms. The number of likely N-dealkylation sites (N-methyl/N-ethyl adjacent to an activating group) is 1. The number of aliphatic hydroxyl groups is 1. The van der Waals surface area contributed by atoms with Gasteiger partial charge in [0, 0.05) is 50.7 Å². The molecule has 8 nitrogen and oxygen atoms in total. The SMILES string of the molecule is CN(C(=O)N(C)[C@@H]1CN(C(=O)C2CCC(NC(=O)CO)CC2)C[C@H]1c1ccc(F)cc1)c1cc(C(F)(F)F)cc(C(F)(F)F)c1. The number of amides is 4. The quantitative estimate of drug-likeness (QED) is 0.432. The van der Waals surface area contributed by atoms with Crippen LogP contribution in [0, 0.1) is 11.7 Å². The molecule has 45 heavy (non-hydrogen) atoms. The number of nitrogens with zero attached hydrogens (tertiary/aromatic N) is 3. The molecule has 1 saturated heterocycles. The molecule has 4 rings (SSSR count). The van der Waals surface area contributed by atoms with Gasteiger partial charge in [0.25, 0.3) is 0 Å². The smallest absolute Gasteiger partial charge is 0.387 e. The van der Waals surface area contributed by atoms with Crippen LogP contribution in [0.2, 0.25) is 0 Å². The average molecular weight is 647 g/mol. The summed E-state index contributed by atoms with van der Waals surface area (Å²) in [7, 11) is 2.41. The van der Waals surface area contributed by atoms with Crippen molar-refractivity contribution in [3.63, 3.8) is 0 Å². The molecule has 2 aliphatic rings. The van der Waals surface area contributed by atoms with E-state index in [9.17, 15) is 45.1 Å². The first-order chi connectivity index (χ1) is 21.0. The number of rotatable bonds is 6. The first-order valence-corrected chi connectivity index (χ1v) is 14.2. The minimum Gasteiger partial charge on any atom is -0.387 e. The fraction of sp³-hybridized carbons (Fsp3) is 0.500. The lowest BCUT2D eigenvalue weighted by Crippen LogP contribution is -2.48. The number of anilines is 1. The van der Waals surface area contributed by atoms with Crippen LogP contribution in [0.1, 0.15) is 48.3 Å². The van der Waals surface area contributed by atoms with Gasteiger partial charge >= 0.3 is 18.4 Å². The second kappa shape index (κ2) is 13.2. The Labute approximate surface area is 254 Å². The number of urea groups is 1. The van der Waals surface area contributed by atoms with Gasteiger partial charge in [-0.15, -0.1) is 0 Å². The molecule has 15 heteroatoms. The number of aliphatic hydroxyl groups excluding tert-OH is 1. The lowest BCUT2D eigenvalue weighted by atomic mass is 9.85. The predicted octanol–water partition coefficient (Wildman–Crippen LogP) is 5.01. The van der Waals surface area contributed by atoms with Gasteiger partial charge in [0.15, 0.2) is 0 Å². The Hall–Kier alpha value is -3.88. The molecule has 2 atom stereocenters. The number of carbonyl (C=O) groups excluding carboxylic acids is 3. The monoisotopic (exact) mass is 646 g/mol. The largest absolute Gasteiger partial charge is 0.416 e. The van der Waals surface area contributed by atoms with E-state index in [4.69, 9.17) is 5.11 Å². The molecule has 0 bridgehead atoms. The lowest BCUT2D eigenvalue weighted by Gasteiger charge is -2.33. The number of benzene rings is 2. The topological polar surface area (TPSA) is 93.2 Å². The summed E-state index contributed by atoms with van der Waals surface area (Å²) in [6.07, 6.45) is -8.25. The van der Waals surface area contributed by atoms with Crippen LogP contribution in [0.3, 0.4) is 0 Å². The number of hydrogen-bond donors (Lipinski definition) is 2. The highest BCUT2D eigenvalue weighted by Crippen LogP contribution is 2.39. The van der Waals surface area contributed by atoms with Crippen molar-refractivity contribution in [2.24, 2.45) is 5.92 Å². The van der Waals surface area contributed by atoms with Crippen LogP contribution in [0.25, 0.3) is 0 Å². The zero-order chi connectivity index (χ0) is 33.3. The van der Waals surface area contributed by atoms with Gasteiger partial charge in [-0.05, 0) is 61.6 Å². The van der Waals surface area contributed by atoms with E-state index in [1.165, 1.54) is 36.2 Å². The van der Waals surface area contributed by atoms with E-state index in [-0.39, 0.29) is 37.0 Å². The summed E-state index contributed by atoms with van der Waals surface area (Å²) >= 11 is 0. The van der Waals surface area contributed by atoms with E-state index < -0.39 is 65.5 Å². The summed E-state index contributed by atoms with van der Waals surface area (Å²) in [6, 6.07) is 4.49. The van der Waals surface area contributed by atoms with Crippen molar-refractivity contribution >= 4 is 23.5 Å². The Kier molecular flexibility index (Phi) is 10.00. The van der Waals surface area contributed by atoms with E-state index in [2.05, 4.69) is 5.32 Å². The van der Waals surface area contributed by atoms with Gasteiger partial charge in [-0.2, -0.15) is 26.3 Å². The molecule has 246 valence electrons. The van der Waals surface area contributed by atoms with Gasteiger partial charge in [-0.1, -0.05) is 12.1 Å². The van der Waals surface area contributed by atoms with Crippen LogP contribution in [0.5, 0.6) is 0 Å². The normalized spacial score (nSPS) is 22.2. The molecule has 1 aliphatic carbocycles. The molecule has 4 amide bonds. The van der Waals surface area contributed by atoms with Crippen LogP contribution in [-0.2, 0) is 21.9 Å². The summed E-state index contributed by atoms with van der Waals surface area (Å²) in [5, 5.41) is 11.7. The molecule has 0 radical (unpaired) electrons. The summed E-state index contributed by atoms with van der Waals surface area (Å²) in [5.41, 5.74) is -3.17. The lowest BCUT2D eigenvalue weighted by molar-refractivity contribution is -0.143. The molecule has 1 saturated carbocycles. The highest BCUT2D eigenvalue weighted by atomic mass is 19.4. The molecule has 2 aromatic rings. The maximum absolute atomic E-state index is 13.7. The van der Waals surface area contributed by atoms with Gasteiger partial charge in [0.1, 0.15) is 12.4 Å². The second-order valence-corrected chi connectivity index (χ2v) is 11.5. The molecule has 0 aromatic heterocycles. The molecular formula is C30H33F7N4O4. The number of hydrogen-bond acceptors (Lipinski definition) is 4. The van der Waals surface area contributed by atoms with Crippen LogP contribution in [-0.4, -0.2) is 78.6 Å². The molecule has 2 fully saturated rings. The van der Waals surface area contributed by atoms with Gasteiger partial charge in [-0.3, -0.25) is 14.5 Å². The Bertz CT molecular complexity index is 1360. The molecule has 1 heterocycles. The van der Waals surface area contributed by atoms with Crippen LogP contribution in [0.4, 0.5) is 41.2 Å². The van der Waals surface area contributed by atoms with Crippen LogP contribution in [0.15, 0.2) is 42.5 Å². The Morgan fingerprint density at radius 1 is 0.889 bits per heavy atom. The van der Waals surface area contributed by atoms with Gasteiger partial charge in [0.2, 0.25) is 11.8 Å². The Morgan fingerprint density at radius 3 is 1.96 bits per heavy atom. The van der Waals surface area contributed by atoms with Crippen molar-refractivity contribution in [1.29, 1.82) is 0 Å². The third kappa shape index (κ3) is 7.86. The number of carbonyl (C=O) groups is 3. The number of halogens is 7. The maximum Gasteiger partial charge on any atom is 0.416 e. The average Bonchev–Trinajstić information content (AvgIpc) is 3.44. The van der Waals surface area contributed by atoms with Gasteiger partial charge < -0.3 is 20.2 Å². The fourth-order valence-electron chi connectivity index (χ4n) is 6.03. The highest BCUT2D eigenvalue weighted by molar-refractivity contribution is 5.92. The first-order valence-electron chi connectivity index (χ1n) is 14.2. The Balaban J connectivity index is 1.57. The number of nitrogens with one attached hydrogen (secondary N) is 1. The third-order valence-corrected chi connectivity index (χ3v) is 8.53. The van der Waals surface area contributed by atoms with Crippen molar-refractivity contribution in [3.05, 3.63) is 65.0 Å². The van der Waals surface area contributed by atoms with Crippen molar-refractivity contribution < 1.29 is 50.2 Å². The van der Waals surface area contributed by atoms with Crippen LogP contribution >= 0.6 is 0 Å². The second-order valence-electron chi connectivity index (χ2n) is 11.5. The standard InChI is InChI=1S/C30H33F7N4O4/c1-39(23-12-19(29(32,33)34)11-20(13-23)30(35,36)37)28(45)40(2)25-15-41(14-24(25)17-3-7-21(31)8-4-17)27(44)18-5-9-22(10-6-18)38-26(43)16-42/h3-4,7-8,11-13,18,22,24-25,42H,5-6,9-10,14-16H2,1-2H3,(H,38,43)/t18?,22?,24-,25+/m0/s1. The minimum atomic E-state index is -5.10.